The van der Waals surface area contributed by atoms with Gasteiger partial charge in [0.1, 0.15) is 31.8 Å². The maximum atomic E-state index is 8.78. The first kappa shape index (κ1) is 128. The summed E-state index contributed by atoms with van der Waals surface area (Å²) in [5, 5.41) is 11.6. The molecule has 14 rings (SSSR count). The number of anilines is 7. The third-order valence-electron chi connectivity index (χ3n) is 27.5. The molecule has 3 radical (unpaired) electrons. The van der Waals surface area contributed by atoms with E-state index >= 15 is 0 Å². The van der Waals surface area contributed by atoms with Crippen molar-refractivity contribution in [2.45, 2.75) is 313 Å². The van der Waals surface area contributed by atoms with Crippen LogP contribution in [0, 0.1) is 0 Å². The molecular formula is C132H181Cu3N6P6+9. The van der Waals surface area contributed by atoms with Crippen LogP contribution in [-0.2, 0) is 67.5 Å². The Labute approximate surface area is 932 Å². The summed E-state index contributed by atoms with van der Waals surface area (Å²) >= 11 is 0. The van der Waals surface area contributed by atoms with Gasteiger partial charge in [0.15, 0.2) is 0 Å². The van der Waals surface area contributed by atoms with Crippen molar-refractivity contribution in [2.75, 3.05) is 28.8 Å². The Kier molecular flexibility index (Phi) is 51.8. The first-order valence-electron chi connectivity index (χ1n) is 53.3. The minimum absolute atomic E-state index is 0. The molecule has 0 aliphatic carbocycles. The molecule has 14 aromatic rings. The number of benzene rings is 14. The van der Waals surface area contributed by atoms with Gasteiger partial charge in [0, 0.05) is 67.3 Å². The SMILES string of the molecule is CC(C)(C)c1cc(C(C)(C)C)c([NH-])c(C(C)(C)C)c1.CC(C)[PH+](c1ccccc1N(C)c1ccccc1[PH+](C(C)C)C(C)C)C(C)C.CC(C)[PH+](c1ccccc1N(C)c1ccccc1[PH+](C(C)C)C(C)C)C(C)C.CC(C)[PH+](c1ccccc1N(c1ccccc1)c1ccccc1[PH+](C(C)C)C(C)C)C(C)C.[Cu+2].[Cu+2].[Cu+2].[NH-]c1c(-c2ccccc2)cc(-c2ccccc2)cc1-c1ccccc1.[NH-]c1cccc2ccccc12. The van der Waals surface area contributed by atoms with Crippen molar-refractivity contribution in [1.82, 2.24) is 0 Å². The van der Waals surface area contributed by atoms with E-state index in [1.807, 2.05) is 97.1 Å². The van der Waals surface area contributed by atoms with E-state index in [2.05, 4.69) is 494 Å². The Morgan fingerprint density at radius 1 is 0.218 bits per heavy atom. The van der Waals surface area contributed by atoms with Gasteiger partial charge in [-0.15, -0.1) is 17.1 Å². The zero-order valence-electron chi connectivity index (χ0n) is 95.4. The fraction of sp³-hybridized carbons (Fsp3) is 0.379. The summed E-state index contributed by atoms with van der Waals surface area (Å²) in [6.45, 7) is 77.6. The summed E-state index contributed by atoms with van der Waals surface area (Å²) in [4.78, 5) is 7.53. The van der Waals surface area contributed by atoms with Crippen molar-refractivity contribution < 1.29 is 51.2 Å². The van der Waals surface area contributed by atoms with E-state index in [0.29, 0.717) is 39.7 Å². The van der Waals surface area contributed by atoms with Gasteiger partial charge in [-0.1, -0.05) is 310 Å². The number of nitrogens with one attached hydrogen (secondary N) is 3. The predicted octanol–water partition coefficient (Wildman–Crippen LogP) is 39.2. The topological polar surface area (TPSA) is 81.1 Å². The Morgan fingerprint density at radius 2 is 0.442 bits per heavy atom. The molecule has 0 amide bonds. The number of fused-ring (bicyclic) bond motifs is 1. The van der Waals surface area contributed by atoms with E-state index in [4.69, 9.17) is 17.2 Å². The van der Waals surface area contributed by atoms with Crippen LogP contribution in [0.4, 0.5) is 56.9 Å². The molecule has 0 spiro atoms. The monoisotopic (exact) mass is 2230 g/mol. The molecule has 15 heteroatoms. The molecule has 6 nitrogen and oxygen atoms in total. The molecule has 0 saturated carbocycles. The van der Waals surface area contributed by atoms with Gasteiger partial charge in [-0.3, -0.25) is 0 Å². The molecule has 14 aromatic carbocycles. The number of rotatable bonds is 28. The number of hydrogen-bond donors (Lipinski definition) is 0. The molecule has 0 aromatic heterocycles. The van der Waals surface area contributed by atoms with Crippen LogP contribution in [-0.4, -0.2) is 82.0 Å². The summed E-state index contributed by atoms with van der Waals surface area (Å²) in [6.07, 6.45) is 0. The average molecular weight is 2230 g/mol. The van der Waals surface area contributed by atoms with Crippen molar-refractivity contribution in [3.8, 4) is 33.4 Å². The Morgan fingerprint density at radius 3 is 0.701 bits per heavy atom. The standard InChI is InChI=1S/C30H41NP2.2C25H39NP2.C24H18N.C18H30N.C10H8N.3Cu/c1-22(2)32(23(3)4)29-20-14-12-18-27(29)31(26-16-10-9-11-17-26)28-19-13-15-21-30(28)33(24(5)6)25(7)8;2*1-18(2)27(19(3)4)24-16-12-10-14-22(24)26(9)23-15-11-13-17-25(23)28(20(5)6)21(7)8;25-24-22(19-12-6-2-7-13-19)16-21(18-10-4-1-5-11-18)17-23(24)20-14-8-3-9-15-20;1-16(2,3)12-10-13(17(4,5)6)15(19)14(11-12)18(7,8)9;11-10-7-3-5-8-4-1-2-6-9(8)10;;;/h9-25H,1-8H3;2*10-21H,1-9H3;1-17,25H;10-11,19H,1-9H3;1-7,11H;;;/q;;;3*-1;3*+2/p+6. The van der Waals surface area contributed by atoms with Gasteiger partial charge in [-0.25, -0.2) is 0 Å². The zero-order chi connectivity index (χ0) is 106. The number of hydrogen-bond acceptors (Lipinski definition) is 3. The largest absolute Gasteiger partial charge is 2.00 e. The molecule has 147 heavy (non-hydrogen) atoms. The van der Waals surface area contributed by atoms with Gasteiger partial charge < -0.3 is 31.9 Å². The molecule has 0 heterocycles. The molecule has 793 valence electrons. The van der Waals surface area contributed by atoms with Gasteiger partial charge in [0.2, 0.25) is 0 Å². The van der Waals surface area contributed by atoms with Gasteiger partial charge in [0.05, 0.1) is 102 Å². The quantitative estimate of drug-likeness (QED) is 0.0362. The Hall–Kier alpha value is -7.72. The molecule has 0 bridgehead atoms. The molecule has 0 saturated heterocycles. The van der Waals surface area contributed by atoms with E-state index in [-0.39, 0.29) is 67.5 Å². The van der Waals surface area contributed by atoms with Crippen LogP contribution in [0.5, 0.6) is 0 Å². The van der Waals surface area contributed by atoms with E-state index < -0.39 is 47.5 Å². The van der Waals surface area contributed by atoms with Gasteiger partial charge in [0.25, 0.3) is 0 Å². The van der Waals surface area contributed by atoms with E-state index in [9.17, 15) is 0 Å². The fourth-order valence-electron chi connectivity index (χ4n) is 21.5. The van der Waals surface area contributed by atoms with Crippen molar-refractivity contribution in [3.05, 3.63) is 368 Å². The van der Waals surface area contributed by atoms with Crippen molar-refractivity contribution in [1.29, 1.82) is 0 Å². The third-order valence-corrected chi connectivity index (χ3v) is 48.7. The van der Waals surface area contributed by atoms with Crippen LogP contribution in [0.1, 0.15) is 245 Å². The molecule has 0 unspecified atom stereocenters. The fourth-order valence-corrected chi connectivity index (χ4v) is 41.8. The second-order valence-electron chi connectivity index (χ2n) is 45.7. The molecule has 3 N–H and O–H groups in total. The summed E-state index contributed by atoms with van der Waals surface area (Å²) in [6, 6.07) is 119. The molecule has 0 aliphatic rings. The Bertz CT molecular complexity index is 5810. The van der Waals surface area contributed by atoms with E-state index in [1.54, 1.807) is 31.8 Å². The normalized spacial score (nSPS) is 11.7. The maximum Gasteiger partial charge on any atom is 2.00 e. The molecule has 0 atom stereocenters. The number of para-hydroxylation sites is 7. The van der Waals surface area contributed by atoms with Gasteiger partial charge in [-0.05, 0) is 329 Å². The van der Waals surface area contributed by atoms with Crippen LogP contribution >= 0.6 is 47.5 Å². The third kappa shape index (κ3) is 34.4. The minimum Gasteiger partial charge on any atom is -0.698 e. The summed E-state index contributed by atoms with van der Waals surface area (Å²) in [5.74, 6) is 0. The Balaban J connectivity index is 0.000000274. The molecule has 0 aliphatic heterocycles. The summed E-state index contributed by atoms with van der Waals surface area (Å²) < 4.78 is 0. The zero-order valence-corrected chi connectivity index (χ0v) is 104. The van der Waals surface area contributed by atoms with Crippen LogP contribution in [0.15, 0.2) is 334 Å². The van der Waals surface area contributed by atoms with Gasteiger partial charge >= 0.3 is 51.2 Å². The van der Waals surface area contributed by atoms with E-state index in [0.717, 1.165) is 101 Å². The first-order chi connectivity index (χ1) is 68.0. The summed E-state index contributed by atoms with van der Waals surface area (Å²) in [7, 11) is 0.523. The van der Waals surface area contributed by atoms with Crippen LogP contribution in [0.25, 0.3) is 61.4 Å². The predicted molar refractivity (Wildman–Crippen MR) is 674 cm³/mol. The minimum atomic E-state index is -0.743. The van der Waals surface area contributed by atoms with Crippen molar-refractivity contribution in [3.63, 3.8) is 0 Å². The second-order valence-corrected chi connectivity index (χ2v) is 68.3. The maximum absolute atomic E-state index is 8.78. The average Bonchev–Trinajstić information content (AvgIpc) is 0.771. The van der Waals surface area contributed by atoms with Crippen LogP contribution < -0.4 is 46.5 Å². The van der Waals surface area contributed by atoms with Crippen LogP contribution in [0.3, 0.4) is 0 Å². The molecule has 0 fully saturated rings. The van der Waals surface area contributed by atoms with Crippen molar-refractivity contribution in [2.24, 2.45) is 0 Å². The first-order valence-corrected chi connectivity index (χ1v) is 63.2. The van der Waals surface area contributed by atoms with Gasteiger partial charge in [-0.2, -0.15) is 0 Å². The van der Waals surface area contributed by atoms with Crippen LogP contribution in [0.2, 0.25) is 0 Å². The smallest absolute Gasteiger partial charge is 0.698 e. The number of nitrogens with zero attached hydrogens (tertiary/aromatic N) is 3. The molecular weight excluding hydrogens is 2050 g/mol. The summed E-state index contributed by atoms with van der Waals surface area (Å²) in [5.41, 5.74) is 55.0. The van der Waals surface area contributed by atoms with E-state index in [1.165, 1.54) is 45.4 Å². The second kappa shape index (κ2) is 59.5. The van der Waals surface area contributed by atoms with Crippen molar-refractivity contribution >= 4 is 147 Å².